The van der Waals surface area contributed by atoms with Gasteiger partial charge in [-0.2, -0.15) is 0 Å². The number of carbonyl (C=O) groups excluding carboxylic acids is 1. The SMILES string of the molecule is Cc1ccc(S(=O)(=O)N(C)c2ccc(C(=O)N(C)C3CCNC3)cc2)cc1.Cl. The summed E-state index contributed by atoms with van der Waals surface area (Å²) in [5, 5.41) is 3.25. The lowest BCUT2D eigenvalue weighted by Gasteiger charge is -2.24. The van der Waals surface area contributed by atoms with Gasteiger partial charge in [0.15, 0.2) is 0 Å². The van der Waals surface area contributed by atoms with Crippen LogP contribution in [0, 0.1) is 6.92 Å². The number of nitrogens with zero attached hydrogens (tertiary/aromatic N) is 2. The Morgan fingerprint density at radius 3 is 2.18 bits per heavy atom. The van der Waals surface area contributed by atoms with Gasteiger partial charge in [0, 0.05) is 32.2 Å². The fraction of sp³-hybridized carbons (Fsp3) is 0.350. The molecule has 0 aliphatic carbocycles. The van der Waals surface area contributed by atoms with Crippen molar-refractivity contribution < 1.29 is 13.2 Å². The number of rotatable bonds is 5. The smallest absolute Gasteiger partial charge is 0.264 e. The van der Waals surface area contributed by atoms with Crippen LogP contribution in [0.3, 0.4) is 0 Å². The predicted molar refractivity (Wildman–Crippen MR) is 114 cm³/mol. The highest BCUT2D eigenvalue weighted by Gasteiger charge is 2.25. The molecule has 1 heterocycles. The Labute approximate surface area is 173 Å². The maximum atomic E-state index is 12.8. The molecule has 8 heteroatoms. The number of benzene rings is 2. The van der Waals surface area contributed by atoms with Crippen molar-refractivity contribution in [1.82, 2.24) is 10.2 Å². The minimum absolute atomic E-state index is 0. The zero-order chi connectivity index (χ0) is 19.6. The number of aryl methyl sites for hydroxylation is 1. The van der Waals surface area contributed by atoms with Gasteiger partial charge in [0.1, 0.15) is 0 Å². The van der Waals surface area contributed by atoms with Crippen LogP contribution in [0.2, 0.25) is 0 Å². The molecule has 1 aliphatic rings. The first-order valence-corrected chi connectivity index (χ1v) is 10.4. The number of amides is 1. The first kappa shape index (κ1) is 22.2. The van der Waals surface area contributed by atoms with E-state index >= 15 is 0 Å². The summed E-state index contributed by atoms with van der Waals surface area (Å²) >= 11 is 0. The summed E-state index contributed by atoms with van der Waals surface area (Å²) < 4.78 is 26.8. The Hall–Kier alpha value is -2.09. The van der Waals surface area contributed by atoms with E-state index in [1.807, 2.05) is 14.0 Å². The molecule has 0 aromatic heterocycles. The van der Waals surface area contributed by atoms with E-state index in [0.717, 1.165) is 25.1 Å². The normalized spacial score (nSPS) is 16.3. The molecule has 0 radical (unpaired) electrons. The number of nitrogens with one attached hydrogen (secondary N) is 1. The molecule has 1 fully saturated rings. The lowest BCUT2D eigenvalue weighted by molar-refractivity contribution is 0.0744. The largest absolute Gasteiger partial charge is 0.337 e. The summed E-state index contributed by atoms with van der Waals surface area (Å²) in [7, 11) is -0.318. The van der Waals surface area contributed by atoms with Crippen molar-refractivity contribution in [3.05, 3.63) is 59.7 Å². The molecule has 1 amide bonds. The van der Waals surface area contributed by atoms with Crippen LogP contribution in [0.1, 0.15) is 22.3 Å². The topological polar surface area (TPSA) is 69.7 Å². The number of halogens is 1. The number of anilines is 1. The molecule has 6 nitrogen and oxygen atoms in total. The fourth-order valence-electron chi connectivity index (χ4n) is 3.16. The van der Waals surface area contributed by atoms with Gasteiger partial charge < -0.3 is 10.2 Å². The number of sulfonamides is 1. The van der Waals surface area contributed by atoms with Crippen LogP contribution < -0.4 is 9.62 Å². The average molecular weight is 424 g/mol. The Morgan fingerprint density at radius 1 is 1.04 bits per heavy atom. The van der Waals surface area contributed by atoms with E-state index in [-0.39, 0.29) is 29.3 Å². The maximum Gasteiger partial charge on any atom is 0.264 e. The van der Waals surface area contributed by atoms with Crippen LogP contribution in [-0.4, -0.2) is 52.5 Å². The summed E-state index contributed by atoms with van der Waals surface area (Å²) in [5.41, 5.74) is 2.06. The molecule has 0 spiro atoms. The van der Waals surface area contributed by atoms with Crippen molar-refractivity contribution in [2.75, 3.05) is 31.5 Å². The van der Waals surface area contributed by atoms with E-state index in [4.69, 9.17) is 0 Å². The van der Waals surface area contributed by atoms with E-state index in [1.165, 1.54) is 11.4 Å². The molecule has 0 bridgehead atoms. The molecular formula is C20H26ClN3O3S. The highest BCUT2D eigenvalue weighted by atomic mass is 35.5. The summed E-state index contributed by atoms with van der Waals surface area (Å²) in [6.07, 6.45) is 0.942. The summed E-state index contributed by atoms with van der Waals surface area (Å²) in [6.45, 7) is 3.63. The van der Waals surface area contributed by atoms with Crippen LogP contribution >= 0.6 is 12.4 Å². The van der Waals surface area contributed by atoms with Gasteiger partial charge >= 0.3 is 0 Å². The molecule has 2 aromatic rings. The van der Waals surface area contributed by atoms with E-state index in [9.17, 15) is 13.2 Å². The zero-order valence-electron chi connectivity index (χ0n) is 16.3. The molecule has 152 valence electrons. The molecule has 1 N–H and O–H groups in total. The molecular weight excluding hydrogens is 398 g/mol. The Bertz CT molecular complexity index is 909. The van der Waals surface area contributed by atoms with Crippen LogP contribution in [0.4, 0.5) is 5.69 Å². The third-order valence-corrected chi connectivity index (χ3v) is 6.86. The summed E-state index contributed by atoms with van der Waals surface area (Å²) in [4.78, 5) is 14.6. The van der Waals surface area contributed by atoms with Crippen LogP contribution in [0.15, 0.2) is 53.4 Å². The van der Waals surface area contributed by atoms with E-state index in [1.54, 1.807) is 53.4 Å². The number of likely N-dealkylation sites (N-methyl/N-ethyl adjacent to an activating group) is 1. The highest BCUT2D eigenvalue weighted by molar-refractivity contribution is 7.92. The van der Waals surface area contributed by atoms with Crippen molar-refractivity contribution in [2.24, 2.45) is 0 Å². The van der Waals surface area contributed by atoms with Crippen LogP contribution in [0.5, 0.6) is 0 Å². The Balaban J connectivity index is 0.00000280. The van der Waals surface area contributed by atoms with E-state index in [0.29, 0.717) is 11.3 Å². The molecule has 1 aliphatic heterocycles. The molecule has 0 saturated carbocycles. The lowest BCUT2D eigenvalue weighted by Crippen LogP contribution is -2.38. The average Bonchev–Trinajstić information content (AvgIpc) is 3.21. The van der Waals surface area contributed by atoms with Crippen molar-refractivity contribution in [2.45, 2.75) is 24.3 Å². The summed E-state index contributed by atoms with van der Waals surface area (Å²) in [6, 6.07) is 13.6. The molecule has 2 aromatic carbocycles. The second kappa shape index (κ2) is 8.94. The first-order chi connectivity index (χ1) is 12.8. The maximum absolute atomic E-state index is 12.8. The predicted octanol–water partition coefficient (Wildman–Crippen LogP) is 2.68. The number of hydrogen-bond acceptors (Lipinski definition) is 4. The van der Waals surface area contributed by atoms with Gasteiger partial charge in [0.05, 0.1) is 10.6 Å². The molecule has 3 rings (SSSR count). The standard InChI is InChI=1S/C20H25N3O3S.ClH/c1-15-4-10-19(11-5-15)27(25,26)23(3)17-8-6-16(7-9-17)20(24)22(2)18-12-13-21-14-18;/h4-11,18,21H,12-14H2,1-3H3;1H. The Kier molecular flexibility index (Phi) is 7.09. The molecule has 1 unspecified atom stereocenters. The van der Waals surface area contributed by atoms with Crippen molar-refractivity contribution in [1.29, 1.82) is 0 Å². The molecule has 28 heavy (non-hydrogen) atoms. The van der Waals surface area contributed by atoms with Gasteiger partial charge in [-0.25, -0.2) is 8.42 Å². The first-order valence-electron chi connectivity index (χ1n) is 8.94. The third-order valence-electron chi connectivity index (χ3n) is 5.06. The monoisotopic (exact) mass is 423 g/mol. The van der Waals surface area contributed by atoms with E-state index < -0.39 is 10.0 Å². The zero-order valence-corrected chi connectivity index (χ0v) is 17.9. The van der Waals surface area contributed by atoms with Crippen molar-refractivity contribution >= 4 is 34.0 Å². The molecule has 1 saturated heterocycles. The number of carbonyl (C=O) groups is 1. The fourth-order valence-corrected chi connectivity index (χ4v) is 4.36. The lowest BCUT2D eigenvalue weighted by atomic mass is 10.1. The summed E-state index contributed by atoms with van der Waals surface area (Å²) in [5.74, 6) is -0.0562. The van der Waals surface area contributed by atoms with Crippen LogP contribution in [-0.2, 0) is 10.0 Å². The van der Waals surface area contributed by atoms with Gasteiger partial charge in [0.25, 0.3) is 15.9 Å². The van der Waals surface area contributed by atoms with E-state index in [2.05, 4.69) is 5.32 Å². The van der Waals surface area contributed by atoms with Gasteiger partial charge in [-0.05, 0) is 56.3 Å². The molecule has 1 atom stereocenters. The van der Waals surface area contributed by atoms with Gasteiger partial charge in [-0.1, -0.05) is 17.7 Å². The number of hydrogen-bond donors (Lipinski definition) is 1. The highest BCUT2D eigenvalue weighted by Crippen LogP contribution is 2.23. The Morgan fingerprint density at radius 2 is 1.64 bits per heavy atom. The minimum atomic E-state index is -3.64. The van der Waals surface area contributed by atoms with Gasteiger partial charge in [0.2, 0.25) is 0 Å². The van der Waals surface area contributed by atoms with Crippen molar-refractivity contribution in [3.63, 3.8) is 0 Å². The van der Waals surface area contributed by atoms with Crippen molar-refractivity contribution in [3.8, 4) is 0 Å². The van der Waals surface area contributed by atoms with Crippen LogP contribution in [0.25, 0.3) is 0 Å². The van der Waals surface area contributed by atoms with Gasteiger partial charge in [-0.3, -0.25) is 9.10 Å². The third kappa shape index (κ3) is 4.48. The van der Waals surface area contributed by atoms with Gasteiger partial charge in [-0.15, -0.1) is 12.4 Å². The second-order valence-corrected chi connectivity index (χ2v) is 8.86. The second-order valence-electron chi connectivity index (χ2n) is 6.90. The quantitative estimate of drug-likeness (QED) is 0.802. The minimum Gasteiger partial charge on any atom is -0.337 e.